The van der Waals surface area contributed by atoms with Crippen molar-refractivity contribution in [1.82, 2.24) is 19.4 Å². The lowest BCUT2D eigenvalue weighted by molar-refractivity contribution is 0.236. The van der Waals surface area contributed by atoms with E-state index in [1.54, 1.807) is 0 Å². The molecule has 0 spiro atoms. The molecule has 2 aromatic heterocycles. The first-order valence-corrected chi connectivity index (χ1v) is 10.0. The lowest BCUT2D eigenvalue weighted by Crippen LogP contribution is -2.35. The molecule has 0 bridgehead atoms. The fourth-order valence-electron chi connectivity index (χ4n) is 4.20. The van der Waals surface area contributed by atoms with Crippen molar-refractivity contribution in [1.29, 1.82) is 0 Å². The van der Waals surface area contributed by atoms with Crippen LogP contribution in [0.25, 0.3) is 22.3 Å². The number of hydrogen-bond donors (Lipinski definition) is 1. The Morgan fingerprint density at radius 3 is 2.69 bits per heavy atom. The second-order valence-electron chi connectivity index (χ2n) is 7.92. The van der Waals surface area contributed by atoms with Gasteiger partial charge in [0.1, 0.15) is 5.82 Å². The van der Waals surface area contributed by atoms with E-state index in [4.69, 9.17) is 4.98 Å². The second kappa shape index (κ2) is 7.01. The average molecular weight is 384 g/mol. The molecule has 0 aliphatic carbocycles. The van der Waals surface area contributed by atoms with Gasteiger partial charge < -0.3 is 9.55 Å². The molecule has 5 rings (SSSR count). The summed E-state index contributed by atoms with van der Waals surface area (Å²) in [6.07, 6.45) is 0.732. The van der Waals surface area contributed by atoms with Crippen molar-refractivity contribution in [3.8, 4) is 11.4 Å². The van der Waals surface area contributed by atoms with Gasteiger partial charge in [0.05, 0.1) is 5.69 Å². The van der Waals surface area contributed by atoms with Crippen LogP contribution in [-0.2, 0) is 26.6 Å². The summed E-state index contributed by atoms with van der Waals surface area (Å²) in [6.45, 7) is 4.46. The number of hydrogen-bond acceptors (Lipinski definition) is 3. The highest BCUT2D eigenvalue weighted by Gasteiger charge is 2.22. The molecular weight excluding hydrogens is 360 g/mol. The zero-order valence-corrected chi connectivity index (χ0v) is 16.8. The molecule has 3 heterocycles. The number of benzene rings is 2. The molecule has 4 aromatic rings. The summed E-state index contributed by atoms with van der Waals surface area (Å²) < 4.78 is 2.26. The molecule has 146 valence electrons. The summed E-state index contributed by atoms with van der Waals surface area (Å²) in [7, 11) is 2.12. The highest BCUT2D eigenvalue weighted by molar-refractivity contribution is 5.81. The van der Waals surface area contributed by atoms with E-state index >= 15 is 0 Å². The average Bonchev–Trinajstić information content (AvgIpc) is 3.04. The number of aromatic nitrogens is 3. The zero-order valence-electron chi connectivity index (χ0n) is 16.8. The van der Waals surface area contributed by atoms with Gasteiger partial charge >= 0.3 is 0 Å². The van der Waals surface area contributed by atoms with Crippen LogP contribution in [0, 0.1) is 6.92 Å². The van der Waals surface area contributed by atoms with Crippen LogP contribution in [0.4, 0.5) is 0 Å². The topological polar surface area (TPSA) is 53.9 Å². The summed E-state index contributed by atoms with van der Waals surface area (Å²) in [5, 5.41) is 1.26. The summed E-state index contributed by atoms with van der Waals surface area (Å²) in [4.78, 5) is 22.8. The van der Waals surface area contributed by atoms with Gasteiger partial charge in [-0.2, -0.15) is 0 Å². The molecule has 1 aliphatic rings. The molecule has 0 saturated heterocycles. The van der Waals surface area contributed by atoms with Crippen molar-refractivity contribution in [2.24, 2.45) is 7.05 Å². The molecule has 5 nitrogen and oxygen atoms in total. The minimum absolute atomic E-state index is 0.00479. The molecule has 2 aromatic carbocycles. The van der Waals surface area contributed by atoms with Gasteiger partial charge in [0, 0.05) is 49.0 Å². The number of aryl methyl sites for hydroxylation is 2. The van der Waals surface area contributed by atoms with E-state index in [0.717, 1.165) is 36.3 Å². The standard InChI is InChI=1S/C24H24N4O/c1-16-7-9-17(10-8-16)23-25-21-15-28(12-11-20(21)24(29)26-23)14-19-13-18-5-3-4-6-22(18)27(19)2/h3-10,13H,11-12,14-15H2,1-2H3,(H,25,26,29). The van der Waals surface area contributed by atoms with E-state index in [0.29, 0.717) is 12.4 Å². The Hall–Kier alpha value is -3.18. The molecule has 0 unspecified atom stereocenters. The van der Waals surface area contributed by atoms with E-state index in [-0.39, 0.29) is 5.56 Å². The number of aromatic amines is 1. The Bertz CT molecular complexity index is 1250. The van der Waals surface area contributed by atoms with Gasteiger partial charge in [-0.1, -0.05) is 48.0 Å². The first-order valence-electron chi connectivity index (χ1n) is 10.0. The molecule has 0 fully saturated rings. The van der Waals surface area contributed by atoms with Crippen LogP contribution < -0.4 is 5.56 Å². The Morgan fingerprint density at radius 2 is 1.90 bits per heavy atom. The predicted molar refractivity (Wildman–Crippen MR) is 116 cm³/mol. The summed E-state index contributed by atoms with van der Waals surface area (Å²) >= 11 is 0. The second-order valence-corrected chi connectivity index (χ2v) is 7.92. The summed E-state index contributed by atoms with van der Waals surface area (Å²) in [5.74, 6) is 0.653. The maximum Gasteiger partial charge on any atom is 0.254 e. The van der Waals surface area contributed by atoms with Crippen LogP contribution in [0.3, 0.4) is 0 Å². The molecule has 0 radical (unpaired) electrons. The number of para-hydroxylation sites is 1. The van der Waals surface area contributed by atoms with E-state index < -0.39 is 0 Å². The van der Waals surface area contributed by atoms with Crippen LogP contribution in [-0.4, -0.2) is 26.0 Å². The maximum atomic E-state index is 12.6. The maximum absolute atomic E-state index is 12.6. The molecular formula is C24H24N4O. The van der Waals surface area contributed by atoms with E-state index in [9.17, 15) is 4.79 Å². The first-order chi connectivity index (χ1) is 14.1. The third-order valence-electron chi connectivity index (χ3n) is 5.91. The Kier molecular flexibility index (Phi) is 4.32. The van der Waals surface area contributed by atoms with Crippen LogP contribution in [0.15, 0.2) is 59.4 Å². The molecule has 5 heteroatoms. The van der Waals surface area contributed by atoms with Gasteiger partial charge in [-0.05, 0) is 30.9 Å². The van der Waals surface area contributed by atoms with E-state index in [1.807, 2.05) is 24.3 Å². The van der Waals surface area contributed by atoms with E-state index in [2.05, 4.69) is 58.8 Å². The first kappa shape index (κ1) is 17.9. The minimum atomic E-state index is -0.00479. The van der Waals surface area contributed by atoms with Crippen molar-refractivity contribution in [3.05, 3.63) is 87.5 Å². The fraction of sp³-hybridized carbons (Fsp3) is 0.250. The molecule has 0 atom stereocenters. The van der Waals surface area contributed by atoms with Gasteiger partial charge in [-0.15, -0.1) is 0 Å². The molecule has 29 heavy (non-hydrogen) atoms. The van der Waals surface area contributed by atoms with Gasteiger partial charge in [-0.25, -0.2) is 4.98 Å². The Balaban J connectivity index is 1.44. The molecule has 0 saturated carbocycles. The summed E-state index contributed by atoms with van der Waals surface area (Å²) in [5.41, 5.74) is 6.38. The monoisotopic (exact) mass is 384 g/mol. The van der Waals surface area contributed by atoms with Crippen molar-refractivity contribution in [3.63, 3.8) is 0 Å². The quantitative estimate of drug-likeness (QED) is 0.585. The van der Waals surface area contributed by atoms with Crippen molar-refractivity contribution in [2.75, 3.05) is 6.54 Å². The number of H-pyrrole nitrogens is 1. The molecule has 1 aliphatic heterocycles. The normalized spacial score (nSPS) is 14.3. The number of nitrogens with one attached hydrogen (secondary N) is 1. The smallest absolute Gasteiger partial charge is 0.254 e. The van der Waals surface area contributed by atoms with Crippen molar-refractivity contribution < 1.29 is 0 Å². The van der Waals surface area contributed by atoms with Crippen LogP contribution in [0.2, 0.25) is 0 Å². The SMILES string of the molecule is Cc1ccc(-c2nc3c(c(=O)[nH]2)CCN(Cc2cc4ccccc4n2C)C3)cc1. The van der Waals surface area contributed by atoms with Crippen molar-refractivity contribution in [2.45, 2.75) is 26.4 Å². The predicted octanol–water partition coefficient (Wildman–Crippen LogP) is 3.80. The minimum Gasteiger partial charge on any atom is -0.346 e. The van der Waals surface area contributed by atoms with Crippen molar-refractivity contribution >= 4 is 10.9 Å². The number of fused-ring (bicyclic) bond motifs is 2. The van der Waals surface area contributed by atoms with E-state index in [1.165, 1.54) is 22.2 Å². The largest absolute Gasteiger partial charge is 0.346 e. The highest BCUT2D eigenvalue weighted by Crippen LogP contribution is 2.23. The molecule has 1 N–H and O–H groups in total. The number of rotatable bonds is 3. The van der Waals surface area contributed by atoms with Gasteiger partial charge in [-0.3, -0.25) is 9.69 Å². The third kappa shape index (κ3) is 3.28. The van der Waals surface area contributed by atoms with Crippen LogP contribution >= 0.6 is 0 Å². The van der Waals surface area contributed by atoms with Gasteiger partial charge in [0.25, 0.3) is 5.56 Å². The summed E-state index contributed by atoms with van der Waals surface area (Å²) in [6, 6.07) is 18.8. The van der Waals surface area contributed by atoms with Crippen LogP contribution in [0.1, 0.15) is 22.5 Å². The molecule has 0 amide bonds. The number of nitrogens with zero attached hydrogens (tertiary/aromatic N) is 3. The third-order valence-corrected chi connectivity index (χ3v) is 5.91. The van der Waals surface area contributed by atoms with Gasteiger partial charge in [0.2, 0.25) is 0 Å². The lowest BCUT2D eigenvalue weighted by Gasteiger charge is -2.27. The van der Waals surface area contributed by atoms with Gasteiger partial charge in [0.15, 0.2) is 0 Å². The Labute approximate surface area is 169 Å². The lowest BCUT2D eigenvalue weighted by atomic mass is 10.1. The highest BCUT2D eigenvalue weighted by atomic mass is 16.1. The Morgan fingerprint density at radius 1 is 1.10 bits per heavy atom. The zero-order chi connectivity index (χ0) is 20.0. The fourth-order valence-corrected chi connectivity index (χ4v) is 4.20. The van der Waals surface area contributed by atoms with Crippen LogP contribution in [0.5, 0.6) is 0 Å².